The highest BCUT2D eigenvalue weighted by Gasteiger charge is 2.17. The molecular weight excluding hydrogens is 486 g/mol. The van der Waals surface area contributed by atoms with Crippen LogP contribution in [0.5, 0.6) is 0 Å². The van der Waals surface area contributed by atoms with E-state index in [0.29, 0.717) is 0 Å². The molecule has 2 nitrogen and oxygen atoms in total. The summed E-state index contributed by atoms with van der Waals surface area (Å²) in [7, 11) is 0. The van der Waals surface area contributed by atoms with Gasteiger partial charge < -0.3 is 9.32 Å². The zero-order valence-corrected chi connectivity index (χ0v) is 21.8. The number of nitrogens with zero attached hydrogens (tertiary/aromatic N) is 1. The van der Waals surface area contributed by atoms with Crippen LogP contribution in [0.2, 0.25) is 0 Å². The zero-order valence-electron chi connectivity index (χ0n) is 21.8. The first-order valence-electron chi connectivity index (χ1n) is 13.6. The number of furan rings is 1. The van der Waals surface area contributed by atoms with Crippen molar-refractivity contribution in [2.24, 2.45) is 0 Å². The van der Waals surface area contributed by atoms with Gasteiger partial charge in [-0.2, -0.15) is 0 Å². The molecule has 0 spiro atoms. The lowest BCUT2D eigenvalue weighted by Gasteiger charge is -2.26. The van der Waals surface area contributed by atoms with E-state index in [2.05, 4.69) is 144 Å². The highest BCUT2D eigenvalue weighted by Crippen LogP contribution is 2.41. The molecule has 0 amide bonds. The molecule has 8 rings (SSSR count). The van der Waals surface area contributed by atoms with Crippen molar-refractivity contribution in [2.75, 3.05) is 4.90 Å². The monoisotopic (exact) mass is 511 g/mol. The van der Waals surface area contributed by atoms with Gasteiger partial charge in [0.1, 0.15) is 11.2 Å². The second-order valence-corrected chi connectivity index (χ2v) is 10.2. The quantitative estimate of drug-likeness (QED) is 0.218. The molecule has 0 aliphatic heterocycles. The first-order valence-corrected chi connectivity index (χ1v) is 13.6. The molecule has 0 saturated heterocycles. The number of benzene rings is 7. The van der Waals surface area contributed by atoms with Crippen LogP contribution in [-0.4, -0.2) is 0 Å². The minimum Gasteiger partial charge on any atom is -0.456 e. The molecule has 2 heteroatoms. The molecule has 0 N–H and O–H groups in total. The van der Waals surface area contributed by atoms with E-state index in [4.69, 9.17) is 4.42 Å². The van der Waals surface area contributed by atoms with Gasteiger partial charge in [0.2, 0.25) is 0 Å². The lowest BCUT2D eigenvalue weighted by Crippen LogP contribution is -2.10. The SMILES string of the molecule is c1ccc(-c2cccc(N(c3ccc4ccc5ccccc5c4c3)c3ccc4oc5ccccc5c4c3)c2)cc1. The molecule has 0 fully saturated rings. The molecule has 0 bridgehead atoms. The van der Waals surface area contributed by atoms with Crippen molar-refractivity contribution in [1.29, 1.82) is 0 Å². The van der Waals surface area contributed by atoms with Crippen molar-refractivity contribution < 1.29 is 4.42 Å². The van der Waals surface area contributed by atoms with Crippen LogP contribution in [0.3, 0.4) is 0 Å². The summed E-state index contributed by atoms with van der Waals surface area (Å²) >= 11 is 0. The fourth-order valence-corrected chi connectivity index (χ4v) is 5.88. The minimum absolute atomic E-state index is 0.896. The fraction of sp³-hybridized carbons (Fsp3) is 0. The second kappa shape index (κ2) is 9.14. The highest BCUT2D eigenvalue weighted by molar-refractivity contribution is 6.10. The minimum atomic E-state index is 0.896. The maximum absolute atomic E-state index is 6.16. The molecule has 7 aromatic carbocycles. The Balaban J connectivity index is 1.38. The molecule has 188 valence electrons. The third kappa shape index (κ3) is 3.73. The molecule has 0 atom stereocenters. The van der Waals surface area contributed by atoms with E-state index in [1.807, 2.05) is 12.1 Å². The van der Waals surface area contributed by atoms with Crippen molar-refractivity contribution >= 4 is 60.5 Å². The van der Waals surface area contributed by atoms with E-state index in [-0.39, 0.29) is 0 Å². The average Bonchev–Trinajstić information content (AvgIpc) is 3.40. The first kappa shape index (κ1) is 22.6. The van der Waals surface area contributed by atoms with E-state index in [0.717, 1.165) is 39.0 Å². The number of fused-ring (bicyclic) bond motifs is 6. The summed E-state index contributed by atoms with van der Waals surface area (Å²) in [5.41, 5.74) is 7.49. The normalized spacial score (nSPS) is 11.5. The number of hydrogen-bond donors (Lipinski definition) is 0. The van der Waals surface area contributed by atoms with Gasteiger partial charge in [0.05, 0.1) is 0 Å². The molecule has 1 aromatic heterocycles. The Morgan fingerprint density at radius 1 is 0.350 bits per heavy atom. The van der Waals surface area contributed by atoms with Gasteiger partial charge in [0.15, 0.2) is 0 Å². The fourth-order valence-electron chi connectivity index (χ4n) is 5.88. The maximum atomic E-state index is 6.16. The van der Waals surface area contributed by atoms with Gasteiger partial charge in [-0.05, 0) is 81.2 Å². The Morgan fingerprint density at radius 3 is 1.82 bits per heavy atom. The van der Waals surface area contributed by atoms with Gasteiger partial charge >= 0.3 is 0 Å². The van der Waals surface area contributed by atoms with E-state index >= 15 is 0 Å². The summed E-state index contributed by atoms with van der Waals surface area (Å²) in [5.74, 6) is 0. The summed E-state index contributed by atoms with van der Waals surface area (Å²) in [4.78, 5) is 2.36. The Hall–Kier alpha value is -5.34. The Bertz CT molecular complexity index is 2170. The summed E-state index contributed by atoms with van der Waals surface area (Å²) in [5, 5.41) is 7.23. The smallest absolute Gasteiger partial charge is 0.135 e. The van der Waals surface area contributed by atoms with Gasteiger partial charge in [-0.1, -0.05) is 103 Å². The van der Waals surface area contributed by atoms with Crippen LogP contribution in [0, 0.1) is 0 Å². The predicted octanol–water partition coefficient (Wildman–Crippen LogP) is 11.0. The van der Waals surface area contributed by atoms with E-state index in [9.17, 15) is 0 Å². The zero-order chi connectivity index (χ0) is 26.5. The molecule has 1 heterocycles. The summed E-state index contributed by atoms with van der Waals surface area (Å²) < 4.78 is 6.16. The molecule has 0 aliphatic rings. The third-order valence-corrected chi connectivity index (χ3v) is 7.82. The van der Waals surface area contributed by atoms with Gasteiger partial charge in [0, 0.05) is 27.8 Å². The van der Waals surface area contributed by atoms with Crippen molar-refractivity contribution in [3.05, 3.63) is 152 Å². The van der Waals surface area contributed by atoms with Gasteiger partial charge in [-0.15, -0.1) is 0 Å². The first-order chi connectivity index (χ1) is 19.8. The molecular formula is C38H25NO. The van der Waals surface area contributed by atoms with Crippen molar-refractivity contribution in [1.82, 2.24) is 0 Å². The van der Waals surface area contributed by atoms with Crippen LogP contribution >= 0.6 is 0 Å². The highest BCUT2D eigenvalue weighted by atomic mass is 16.3. The number of hydrogen-bond acceptors (Lipinski definition) is 2. The molecule has 8 aromatic rings. The van der Waals surface area contributed by atoms with Gasteiger partial charge in [-0.3, -0.25) is 0 Å². The van der Waals surface area contributed by atoms with Crippen molar-refractivity contribution in [3.8, 4) is 11.1 Å². The Morgan fingerprint density at radius 2 is 0.950 bits per heavy atom. The molecule has 0 aliphatic carbocycles. The van der Waals surface area contributed by atoms with Crippen LogP contribution in [0.4, 0.5) is 17.1 Å². The summed E-state index contributed by atoms with van der Waals surface area (Å²) in [6.45, 7) is 0. The number of rotatable bonds is 4. The Kier molecular flexibility index (Phi) is 5.17. The van der Waals surface area contributed by atoms with Crippen LogP contribution in [0.1, 0.15) is 0 Å². The van der Waals surface area contributed by atoms with E-state index in [1.165, 1.54) is 32.7 Å². The second-order valence-electron chi connectivity index (χ2n) is 10.2. The van der Waals surface area contributed by atoms with Gasteiger partial charge in [-0.25, -0.2) is 0 Å². The lowest BCUT2D eigenvalue weighted by molar-refractivity contribution is 0.669. The van der Waals surface area contributed by atoms with Gasteiger partial charge in [0.25, 0.3) is 0 Å². The van der Waals surface area contributed by atoms with Crippen LogP contribution < -0.4 is 4.90 Å². The molecule has 0 radical (unpaired) electrons. The largest absolute Gasteiger partial charge is 0.456 e. The third-order valence-electron chi connectivity index (χ3n) is 7.82. The lowest BCUT2D eigenvalue weighted by atomic mass is 10.0. The van der Waals surface area contributed by atoms with Crippen molar-refractivity contribution in [3.63, 3.8) is 0 Å². The topological polar surface area (TPSA) is 16.4 Å². The van der Waals surface area contributed by atoms with Crippen LogP contribution in [-0.2, 0) is 0 Å². The average molecular weight is 512 g/mol. The number of anilines is 3. The Labute approximate surface area is 232 Å². The molecule has 0 unspecified atom stereocenters. The predicted molar refractivity (Wildman–Crippen MR) is 169 cm³/mol. The number of para-hydroxylation sites is 1. The van der Waals surface area contributed by atoms with Crippen molar-refractivity contribution in [2.45, 2.75) is 0 Å². The summed E-state index contributed by atoms with van der Waals surface area (Å²) in [6, 6.07) is 53.9. The van der Waals surface area contributed by atoms with E-state index < -0.39 is 0 Å². The standard InChI is InChI=1S/C38H25NO/c1-2-9-26(10-3-1)29-12-8-13-30(23-29)39(32-21-22-38-36(25-32)34-15-6-7-16-37(34)40-38)31-20-19-28-18-17-27-11-4-5-14-33(27)35(28)24-31/h1-25H. The van der Waals surface area contributed by atoms with E-state index in [1.54, 1.807) is 0 Å². The van der Waals surface area contributed by atoms with Crippen LogP contribution in [0.15, 0.2) is 156 Å². The maximum Gasteiger partial charge on any atom is 0.135 e. The van der Waals surface area contributed by atoms with Crippen LogP contribution in [0.25, 0.3) is 54.6 Å². The molecule has 40 heavy (non-hydrogen) atoms. The summed E-state index contributed by atoms with van der Waals surface area (Å²) in [6.07, 6.45) is 0. The molecule has 0 saturated carbocycles.